The minimum atomic E-state index is -3.68. The Morgan fingerprint density at radius 2 is 1.47 bits per heavy atom. The number of ether oxygens (including phenoxy) is 2. The molecule has 2 aromatic carbocycles. The quantitative estimate of drug-likeness (QED) is 0.392. The van der Waals surface area contributed by atoms with Crippen molar-refractivity contribution in [2.24, 2.45) is 0 Å². The van der Waals surface area contributed by atoms with Crippen LogP contribution in [0, 0.1) is 0 Å². The molecule has 1 fully saturated rings. The molecular weight excluding hydrogens is 487 g/mol. The third-order valence-corrected chi connectivity index (χ3v) is 8.11. The van der Waals surface area contributed by atoms with Crippen LogP contribution in [-0.2, 0) is 37.4 Å². The van der Waals surface area contributed by atoms with Crippen LogP contribution in [-0.4, -0.2) is 52.4 Å². The van der Waals surface area contributed by atoms with Crippen LogP contribution in [0.15, 0.2) is 76.4 Å². The van der Waals surface area contributed by atoms with Crippen LogP contribution in [0.4, 0.5) is 0 Å². The van der Waals surface area contributed by atoms with E-state index in [1.54, 1.807) is 0 Å². The van der Waals surface area contributed by atoms with Gasteiger partial charge < -0.3 is 14.6 Å². The SMILES string of the molecule is CO[P+](O)(OC)C(O)CC1(c2cn(Cc3ccccc3)c(=O)n(Cc3ccccc3)c2=O)OCCO1. The van der Waals surface area contributed by atoms with Crippen molar-refractivity contribution in [1.29, 1.82) is 0 Å². The average molecular weight is 517 g/mol. The number of benzene rings is 2. The molecule has 0 amide bonds. The summed E-state index contributed by atoms with van der Waals surface area (Å²) in [6.45, 7) is 0.541. The molecule has 0 saturated carbocycles. The molecule has 10 nitrogen and oxygen atoms in total. The molecule has 3 aromatic rings. The lowest BCUT2D eigenvalue weighted by Gasteiger charge is -2.30. The standard InChI is InChI=1S/C25H30N2O8P/c1-32-36(31,33-2)22(28)15-25(34-13-14-35-25)21-18-26(16-19-9-5-3-6-10-19)24(30)27(23(21)29)17-20-11-7-4-8-12-20/h3-12,18,22,28,31H,13-17H2,1-2H3/q+1. The Hall–Kier alpha value is -2.69. The molecule has 1 aliphatic rings. The molecule has 36 heavy (non-hydrogen) atoms. The number of nitrogens with zero attached hydrogens (tertiary/aromatic N) is 2. The van der Waals surface area contributed by atoms with Crippen molar-refractivity contribution < 1.29 is 28.5 Å². The summed E-state index contributed by atoms with van der Waals surface area (Å²) >= 11 is 0. The van der Waals surface area contributed by atoms with Crippen molar-refractivity contribution in [3.05, 3.63) is 104 Å². The molecule has 192 valence electrons. The van der Waals surface area contributed by atoms with Crippen molar-refractivity contribution in [3.63, 3.8) is 0 Å². The van der Waals surface area contributed by atoms with Crippen molar-refractivity contribution in [1.82, 2.24) is 9.13 Å². The predicted molar refractivity (Wildman–Crippen MR) is 133 cm³/mol. The Morgan fingerprint density at radius 3 is 2.00 bits per heavy atom. The first-order chi connectivity index (χ1) is 17.3. The van der Waals surface area contributed by atoms with Gasteiger partial charge in [-0.15, -0.1) is 0 Å². The van der Waals surface area contributed by atoms with Crippen molar-refractivity contribution in [2.75, 3.05) is 27.4 Å². The Morgan fingerprint density at radius 1 is 0.944 bits per heavy atom. The van der Waals surface area contributed by atoms with Gasteiger partial charge >= 0.3 is 13.6 Å². The summed E-state index contributed by atoms with van der Waals surface area (Å²) in [4.78, 5) is 37.8. The minimum absolute atomic E-state index is 0.0317. The zero-order valence-electron chi connectivity index (χ0n) is 20.1. The molecule has 2 N–H and O–H groups in total. The lowest BCUT2D eigenvalue weighted by molar-refractivity contribution is -0.182. The maximum Gasteiger partial charge on any atom is 0.439 e. The molecule has 11 heteroatoms. The Balaban J connectivity index is 1.85. The minimum Gasteiger partial charge on any atom is -0.353 e. The maximum absolute atomic E-state index is 13.8. The molecular formula is C25H30N2O8P+. The normalized spacial score (nSPS) is 16.2. The van der Waals surface area contributed by atoms with E-state index in [1.807, 2.05) is 60.7 Å². The van der Waals surface area contributed by atoms with Crippen LogP contribution in [0.25, 0.3) is 0 Å². The first-order valence-electron chi connectivity index (χ1n) is 11.4. The number of aliphatic hydroxyl groups is 1. The van der Waals surface area contributed by atoms with Gasteiger partial charge in [0.15, 0.2) is 0 Å². The van der Waals surface area contributed by atoms with Gasteiger partial charge in [0.25, 0.3) is 11.4 Å². The van der Waals surface area contributed by atoms with Crippen molar-refractivity contribution in [3.8, 4) is 0 Å². The van der Waals surface area contributed by atoms with E-state index in [0.717, 1.165) is 15.7 Å². The van der Waals surface area contributed by atoms with Gasteiger partial charge in [0, 0.05) is 6.20 Å². The van der Waals surface area contributed by atoms with E-state index in [2.05, 4.69) is 0 Å². The fourth-order valence-corrected chi connectivity index (χ4v) is 5.33. The summed E-state index contributed by atoms with van der Waals surface area (Å²) in [5.74, 6) is -3.26. The van der Waals surface area contributed by atoms with E-state index in [-0.39, 0.29) is 38.3 Å². The lowest BCUT2D eigenvalue weighted by Crippen LogP contribution is -2.47. The molecule has 2 heterocycles. The van der Waals surface area contributed by atoms with E-state index in [0.29, 0.717) is 0 Å². The van der Waals surface area contributed by atoms with E-state index < -0.39 is 30.8 Å². The molecule has 1 unspecified atom stereocenters. The Bertz CT molecular complexity index is 1270. The maximum atomic E-state index is 13.8. The zero-order valence-corrected chi connectivity index (χ0v) is 21.0. The molecule has 0 bridgehead atoms. The molecule has 1 aliphatic heterocycles. The van der Waals surface area contributed by atoms with Crippen molar-refractivity contribution >= 4 is 7.94 Å². The number of aliphatic hydroxyl groups excluding tert-OH is 1. The van der Waals surface area contributed by atoms with Gasteiger partial charge in [-0.05, 0) is 11.1 Å². The van der Waals surface area contributed by atoms with E-state index >= 15 is 0 Å². The first-order valence-corrected chi connectivity index (χ1v) is 13.1. The smallest absolute Gasteiger partial charge is 0.353 e. The largest absolute Gasteiger partial charge is 0.439 e. The van der Waals surface area contributed by atoms with E-state index in [4.69, 9.17) is 18.5 Å². The summed E-state index contributed by atoms with van der Waals surface area (Å²) in [6, 6.07) is 18.5. The Kier molecular flexibility index (Phi) is 8.17. The predicted octanol–water partition coefficient (Wildman–Crippen LogP) is 2.06. The summed E-state index contributed by atoms with van der Waals surface area (Å²) in [5, 5.41) is 10.8. The number of hydrogen-bond acceptors (Lipinski definition) is 8. The van der Waals surface area contributed by atoms with Gasteiger partial charge in [-0.25, -0.2) is 4.79 Å². The number of rotatable bonds is 10. The number of aromatic nitrogens is 2. The summed E-state index contributed by atoms with van der Waals surface area (Å²) in [6.07, 6.45) is 1.07. The second-order valence-corrected chi connectivity index (χ2v) is 10.8. The highest BCUT2D eigenvalue weighted by atomic mass is 31.2. The van der Waals surface area contributed by atoms with Crippen LogP contribution >= 0.6 is 7.94 Å². The second-order valence-electron chi connectivity index (χ2n) is 8.38. The summed E-state index contributed by atoms with van der Waals surface area (Å²) in [7, 11) is -1.24. The highest BCUT2D eigenvalue weighted by molar-refractivity contribution is 7.61. The molecule has 0 spiro atoms. The highest BCUT2D eigenvalue weighted by Crippen LogP contribution is 2.61. The third-order valence-electron chi connectivity index (χ3n) is 6.13. The number of hydrogen-bond donors (Lipinski definition) is 2. The van der Waals surface area contributed by atoms with Gasteiger partial charge in [-0.3, -0.25) is 13.9 Å². The fourth-order valence-electron chi connectivity index (χ4n) is 4.23. The zero-order chi connectivity index (χ0) is 25.8. The van der Waals surface area contributed by atoms with Gasteiger partial charge in [0.05, 0.1) is 52.5 Å². The van der Waals surface area contributed by atoms with Gasteiger partial charge in [-0.1, -0.05) is 60.7 Å². The third kappa shape index (κ3) is 5.35. The molecule has 1 aromatic heterocycles. The van der Waals surface area contributed by atoms with Crippen molar-refractivity contribution in [2.45, 2.75) is 31.1 Å². The Labute approximate surface area is 208 Å². The van der Waals surface area contributed by atoms with Gasteiger partial charge in [-0.2, -0.15) is 13.9 Å². The highest BCUT2D eigenvalue weighted by Gasteiger charge is 2.55. The topological polar surface area (TPSA) is 121 Å². The molecule has 1 atom stereocenters. The first kappa shape index (κ1) is 26.4. The van der Waals surface area contributed by atoms with Crippen LogP contribution < -0.4 is 11.2 Å². The van der Waals surface area contributed by atoms with Gasteiger partial charge in [0.2, 0.25) is 5.79 Å². The van der Waals surface area contributed by atoms with E-state index in [1.165, 1.54) is 25.0 Å². The lowest BCUT2D eigenvalue weighted by atomic mass is 10.1. The van der Waals surface area contributed by atoms with Crippen LogP contribution in [0.2, 0.25) is 0 Å². The summed E-state index contributed by atoms with van der Waals surface area (Å²) in [5.41, 5.74) is 0.546. The average Bonchev–Trinajstić information content (AvgIpc) is 3.38. The van der Waals surface area contributed by atoms with Gasteiger partial charge in [0.1, 0.15) is 0 Å². The molecule has 0 aliphatic carbocycles. The summed E-state index contributed by atoms with van der Waals surface area (Å²) < 4.78 is 24.4. The fraction of sp³-hybridized carbons (Fsp3) is 0.360. The molecule has 0 radical (unpaired) electrons. The van der Waals surface area contributed by atoms with Crippen LogP contribution in [0.5, 0.6) is 0 Å². The van der Waals surface area contributed by atoms with Crippen LogP contribution in [0.3, 0.4) is 0 Å². The second kappa shape index (κ2) is 11.1. The molecule has 4 rings (SSSR count). The monoisotopic (exact) mass is 517 g/mol. The molecule has 1 saturated heterocycles. The van der Waals surface area contributed by atoms with E-state index in [9.17, 15) is 19.6 Å². The van der Waals surface area contributed by atoms with Crippen LogP contribution in [0.1, 0.15) is 23.1 Å².